The first kappa shape index (κ1) is 11.9. The Kier molecular flexibility index (Phi) is 5.06. The van der Waals surface area contributed by atoms with Crippen molar-refractivity contribution in [2.45, 2.75) is 13.8 Å². The van der Waals surface area contributed by atoms with Gasteiger partial charge < -0.3 is 11.5 Å². The van der Waals surface area contributed by atoms with Gasteiger partial charge in [0.1, 0.15) is 0 Å². The molecule has 0 atom stereocenters. The number of amides is 2. The van der Waals surface area contributed by atoms with E-state index in [4.69, 9.17) is 11.5 Å². The number of hydrogen-bond acceptors (Lipinski definition) is 3. The van der Waals surface area contributed by atoms with Gasteiger partial charge in [-0.15, -0.1) is 0 Å². The number of carbonyl (C=O) groups excluding carboxylic acids is 2. The van der Waals surface area contributed by atoms with Gasteiger partial charge >= 0.3 is 0 Å². The van der Waals surface area contributed by atoms with Crippen LogP contribution in [0, 0.1) is 5.92 Å². The minimum atomic E-state index is -0.443. The standard InChI is InChI=1S/C8H17N3O2/c1-6(2)3-11(4-7(9)12)5-8(10)13/h6H,3-5H2,1-2H3,(H2,9,12)(H2,10,13). The summed E-state index contributed by atoms with van der Waals surface area (Å²) >= 11 is 0. The van der Waals surface area contributed by atoms with Gasteiger partial charge in [0.2, 0.25) is 11.8 Å². The molecule has 0 rings (SSSR count). The van der Waals surface area contributed by atoms with Gasteiger partial charge in [-0.05, 0) is 5.92 Å². The van der Waals surface area contributed by atoms with Crippen LogP contribution in [0.5, 0.6) is 0 Å². The third-order valence-corrected chi connectivity index (χ3v) is 1.38. The van der Waals surface area contributed by atoms with Crippen molar-refractivity contribution < 1.29 is 9.59 Å². The molecule has 76 valence electrons. The van der Waals surface area contributed by atoms with Gasteiger partial charge in [-0.25, -0.2) is 0 Å². The molecule has 0 aromatic heterocycles. The fraction of sp³-hybridized carbons (Fsp3) is 0.750. The van der Waals surface area contributed by atoms with Crippen LogP contribution < -0.4 is 11.5 Å². The molecule has 0 unspecified atom stereocenters. The quantitative estimate of drug-likeness (QED) is 0.554. The van der Waals surface area contributed by atoms with E-state index in [1.54, 1.807) is 4.90 Å². The molecule has 0 aliphatic carbocycles. The van der Waals surface area contributed by atoms with Crippen molar-refractivity contribution in [1.29, 1.82) is 0 Å². The molecule has 5 nitrogen and oxygen atoms in total. The summed E-state index contributed by atoms with van der Waals surface area (Å²) in [6.45, 7) is 4.80. The van der Waals surface area contributed by atoms with Crippen LogP contribution in [0.25, 0.3) is 0 Å². The van der Waals surface area contributed by atoms with E-state index in [0.29, 0.717) is 12.5 Å². The summed E-state index contributed by atoms with van der Waals surface area (Å²) in [7, 11) is 0. The molecular weight excluding hydrogens is 170 g/mol. The van der Waals surface area contributed by atoms with E-state index in [-0.39, 0.29) is 13.1 Å². The zero-order valence-electron chi connectivity index (χ0n) is 8.12. The minimum Gasteiger partial charge on any atom is -0.369 e. The van der Waals surface area contributed by atoms with Crippen molar-refractivity contribution in [3.8, 4) is 0 Å². The number of nitrogens with zero attached hydrogens (tertiary/aromatic N) is 1. The Hall–Kier alpha value is -1.10. The highest BCUT2D eigenvalue weighted by molar-refractivity contribution is 5.79. The number of rotatable bonds is 6. The molecule has 0 bridgehead atoms. The van der Waals surface area contributed by atoms with Crippen molar-refractivity contribution in [3.05, 3.63) is 0 Å². The van der Waals surface area contributed by atoms with Crippen LogP contribution in [0.15, 0.2) is 0 Å². The Morgan fingerprint density at radius 3 is 1.77 bits per heavy atom. The molecule has 0 saturated heterocycles. The summed E-state index contributed by atoms with van der Waals surface area (Å²) in [4.78, 5) is 22.9. The first-order valence-corrected chi connectivity index (χ1v) is 4.20. The molecule has 0 spiro atoms. The van der Waals surface area contributed by atoms with E-state index in [1.807, 2.05) is 13.8 Å². The number of hydrogen-bond donors (Lipinski definition) is 2. The summed E-state index contributed by atoms with van der Waals surface area (Å²) in [6, 6.07) is 0. The van der Waals surface area contributed by atoms with Gasteiger partial charge in [0.05, 0.1) is 13.1 Å². The van der Waals surface area contributed by atoms with Crippen molar-refractivity contribution in [2.24, 2.45) is 17.4 Å². The highest BCUT2D eigenvalue weighted by Gasteiger charge is 2.11. The van der Waals surface area contributed by atoms with Crippen molar-refractivity contribution in [1.82, 2.24) is 4.90 Å². The molecule has 0 aliphatic heterocycles. The predicted molar refractivity (Wildman–Crippen MR) is 49.7 cm³/mol. The van der Waals surface area contributed by atoms with Crippen LogP contribution in [-0.4, -0.2) is 36.3 Å². The molecule has 0 fully saturated rings. The minimum absolute atomic E-state index is 0.0844. The summed E-state index contributed by atoms with van der Waals surface area (Å²) < 4.78 is 0. The van der Waals surface area contributed by atoms with Crippen LogP contribution in [0.3, 0.4) is 0 Å². The lowest BCUT2D eigenvalue weighted by Gasteiger charge is -2.20. The van der Waals surface area contributed by atoms with E-state index in [9.17, 15) is 9.59 Å². The Morgan fingerprint density at radius 1 is 1.15 bits per heavy atom. The molecule has 0 saturated carbocycles. The molecule has 4 N–H and O–H groups in total. The molecule has 2 amide bonds. The maximum Gasteiger partial charge on any atom is 0.231 e. The summed E-state index contributed by atoms with van der Waals surface area (Å²) in [6.07, 6.45) is 0. The van der Waals surface area contributed by atoms with E-state index in [1.165, 1.54) is 0 Å². The van der Waals surface area contributed by atoms with Gasteiger partial charge in [-0.3, -0.25) is 14.5 Å². The second kappa shape index (κ2) is 5.53. The van der Waals surface area contributed by atoms with E-state index < -0.39 is 11.8 Å². The van der Waals surface area contributed by atoms with Gasteiger partial charge in [0.15, 0.2) is 0 Å². The van der Waals surface area contributed by atoms with E-state index >= 15 is 0 Å². The molecule has 0 aromatic carbocycles. The maximum atomic E-state index is 10.6. The van der Waals surface area contributed by atoms with Gasteiger partial charge in [0, 0.05) is 6.54 Å². The smallest absolute Gasteiger partial charge is 0.231 e. The molecule has 0 heterocycles. The Balaban J connectivity index is 4.02. The average molecular weight is 187 g/mol. The lowest BCUT2D eigenvalue weighted by Crippen LogP contribution is -2.41. The van der Waals surface area contributed by atoms with Crippen LogP contribution in [0.1, 0.15) is 13.8 Å². The molecule has 0 radical (unpaired) electrons. The zero-order valence-corrected chi connectivity index (χ0v) is 8.12. The highest BCUT2D eigenvalue weighted by atomic mass is 16.2. The fourth-order valence-electron chi connectivity index (χ4n) is 1.14. The Morgan fingerprint density at radius 2 is 1.54 bits per heavy atom. The first-order valence-electron chi connectivity index (χ1n) is 4.20. The Labute approximate surface area is 78.1 Å². The van der Waals surface area contributed by atoms with Crippen molar-refractivity contribution in [3.63, 3.8) is 0 Å². The van der Waals surface area contributed by atoms with Crippen LogP contribution >= 0.6 is 0 Å². The third kappa shape index (κ3) is 7.27. The lowest BCUT2D eigenvalue weighted by atomic mass is 10.2. The molecular formula is C8H17N3O2. The van der Waals surface area contributed by atoms with Gasteiger partial charge in [-0.2, -0.15) is 0 Å². The van der Waals surface area contributed by atoms with Crippen molar-refractivity contribution >= 4 is 11.8 Å². The first-order chi connectivity index (χ1) is 5.91. The van der Waals surface area contributed by atoms with Crippen LogP contribution in [0.2, 0.25) is 0 Å². The van der Waals surface area contributed by atoms with E-state index in [2.05, 4.69) is 0 Å². The predicted octanol–water partition coefficient (Wildman–Crippen LogP) is -1.08. The molecule has 0 aliphatic rings. The lowest BCUT2D eigenvalue weighted by molar-refractivity contribution is -0.122. The number of primary amides is 2. The second-order valence-electron chi connectivity index (χ2n) is 3.50. The number of nitrogens with two attached hydrogens (primary N) is 2. The normalized spacial score (nSPS) is 10.8. The third-order valence-electron chi connectivity index (χ3n) is 1.38. The van der Waals surface area contributed by atoms with Crippen molar-refractivity contribution in [2.75, 3.05) is 19.6 Å². The molecule has 5 heteroatoms. The average Bonchev–Trinajstić information content (AvgIpc) is 1.80. The highest BCUT2D eigenvalue weighted by Crippen LogP contribution is 1.97. The number of carbonyl (C=O) groups is 2. The summed E-state index contributed by atoms with van der Waals surface area (Å²) in [5.41, 5.74) is 10.0. The molecule has 13 heavy (non-hydrogen) atoms. The topological polar surface area (TPSA) is 89.4 Å². The van der Waals surface area contributed by atoms with Gasteiger partial charge in [0.25, 0.3) is 0 Å². The second-order valence-corrected chi connectivity index (χ2v) is 3.50. The van der Waals surface area contributed by atoms with Gasteiger partial charge in [-0.1, -0.05) is 13.8 Å². The SMILES string of the molecule is CC(C)CN(CC(N)=O)CC(N)=O. The van der Waals surface area contributed by atoms with E-state index in [0.717, 1.165) is 0 Å². The summed E-state index contributed by atoms with van der Waals surface area (Å²) in [5.74, 6) is -0.512. The zero-order chi connectivity index (χ0) is 10.4. The maximum absolute atomic E-state index is 10.6. The Bertz CT molecular complexity index is 176. The van der Waals surface area contributed by atoms with Crippen LogP contribution in [0.4, 0.5) is 0 Å². The fourth-order valence-corrected chi connectivity index (χ4v) is 1.14. The monoisotopic (exact) mass is 187 g/mol. The largest absolute Gasteiger partial charge is 0.369 e. The van der Waals surface area contributed by atoms with Crippen LogP contribution in [-0.2, 0) is 9.59 Å². The summed E-state index contributed by atoms with van der Waals surface area (Å²) in [5, 5.41) is 0. The molecule has 0 aromatic rings.